The van der Waals surface area contributed by atoms with Crippen LogP contribution in [0.25, 0.3) is 0 Å². The lowest BCUT2D eigenvalue weighted by Gasteiger charge is -2.56. The van der Waals surface area contributed by atoms with E-state index in [1.165, 1.54) is 12.5 Å². The van der Waals surface area contributed by atoms with Gasteiger partial charge in [-0.25, -0.2) is 9.59 Å². The van der Waals surface area contributed by atoms with E-state index in [9.17, 15) is 30.0 Å². The van der Waals surface area contributed by atoms with Crippen LogP contribution in [0, 0.1) is 5.92 Å². The number of nitrogens with one attached hydrogen (secondary N) is 1. The van der Waals surface area contributed by atoms with E-state index in [1.54, 1.807) is 6.07 Å². The molecule has 1 heterocycles. The number of hydrogen-bond acceptors (Lipinski definition) is 5. The van der Waals surface area contributed by atoms with Crippen molar-refractivity contribution in [1.29, 1.82) is 0 Å². The maximum Gasteiger partial charge on any atom is 0.343 e. The van der Waals surface area contributed by atoms with Gasteiger partial charge in [-0.05, 0) is 49.3 Å². The minimum atomic E-state index is -2.89. The van der Waals surface area contributed by atoms with E-state index in [0.29, 0.717) is 17.9 Å². The highest BCUT2D eigenvalue weighted by atomic mass is 16.4. The molecule has 0 radical (unpaired) electrons. The van der Waals surface area contributed by atoms with Crippen molar-refractivity contribution in [3.8, 4) is 0 Å². The van der Waals surface area contributed by atoms with Gasteiger partial charge in [0.2, 0.25) is 5.60 Å². The summed E-state index contributed by atoms with van der Waals surface area (Å²) in [5.74, 6) is -3.06. The average Bonchev–Trinajstić information content (AvgIpc) is 2.66. The van der Waals surface area contributed by atoms with Gasteiger partial charge < -0.3 is 25.7 Å². The zero-order chi connectivity index (χ0) is 19.4. The fourth-order valence-corrected chi connectivity index (χ4v) is 5.88. The summed E-state index contributed by atoms with van der Waals surface area (Å²) < 4.78 is 0. The number of piperidine rings is 1. The van der Waals surface area contributed by atoms with Crippen LogP contribution in [0.2, 0.25) is 0 Å². The van der Waals surface area contributed by atoms with Gasteiger partial charge in [0.05, 0.1) is 0 Å². The lowest BCUT2D eigenvalue weighted by molar-refractivity contribution is -0.185. The molecule has 27 heavy (non-hydrogen) atoms. The molecule has 7 nitrogen and oxygen atoms in total. The van der Waals surface area contributed by atoms with Gasteiger partial charge >= 0.3 is 11.9 Å². The largest absolute Gasteiger partial charge is 0.479 e. The molecular weight excluding hydrogens is 350 g/mol. The Morgan fingerprint density at radius 2 is 2.00 bits per heavy atom. The quantitative estimate of drug-likeness (QED) is 0.525. The number of aliphatic hydroxyl groups excluding tert-OH is 1. The lowest BCUT2D eigenvalue weighted by Crippen LogP contribution is -2.60. The Hall–Kier alpha value is -1.96. The van der Waals surface area contributed by atoms with Crippen LogP contribution in [0.1, 0.15) is 48.8 Å². The zero-order valence-corrected chi connectivity index (χ0v) is 15.0. The maximum atomic E-state index is 11.9. The van der Waals surface area contributed by atoms with Crippen LogP contribution in [0.4, 0.5) is 0 Å². The third-order valence-corrected chi connectivity index (χ3v) is 7.06. The van der Waals surface area contributed by atoms with E-state index >= 15 is 0 Å². The van der Waals surface area contributed by atoms with Crippen molar-refractivity contribution in [3.05, 3.63) is 34.9 Å². The average molecular weight is 375 g/mol. The lowest BCUT2D eigenvalue weighted by atomic mass is 9.52. The number of aliphatic hydroxyl groups is 2. The first kappa shape index (κ1) is 18.4. The summed E-state index contributed by atoms with van der Waals surface area (Å²) in [4.78, 5) is 23.2. The summed E-state index contributed by atoms with van der Waals surface area (Å²) in [7, 11) is 0. The van der Waals surface area contributed by atoms with Crippen LogP contribution < -0.4 is 5.32 Å². The molecule has 3 aliphatic rings. The smallest absolute Gasteiger partial charge is 0.343 e. The van der Waals surface area contributed by atoms with E-state index in [-0.39, 0.29) is 17.0 Å². The molecule has 146 valence electrons. The van der Waals surface area contributed by atoms with Crippen molar-refractivity contribution in [2.24, 2.45) is 5.92 Å². The SMILES string of the molecule is O=C(O)[C@@H](O)[C@](O)(C(=O)O)c1cccc2c1C[C@H]1NCC[C@@]23CCCC[C@@H]13. The predicted octanol–water partition coefficient (Wildman–Crippen LogP) is 0.750. The summed E-state index contributed by atoms with van der Waals surface area (Å²) in [5, 5.41) is 43.3. The van der Waals surface area contributed by atoms with Crippen molar-refractivity contribution < 1.29 is 30.0 Å². The first-order valence-corrected chi connectivity index (χ1v) is 9.55. The fraction of sp³-hybridized carbons (Fsp3) is 0.600. The van der Waals surface area contributed by atoms with Gasteiger partial charge in [0.15, 0.2) is 6.10 Å². The van der Waals surface area contributed by atoms with Crippen LogP contribution >= 0.6 is 0 Å². The molecule has 4 rings (SSSR count). The predicted molar refractivity (Wildman–Crippen MR) is 95.4 cm³/mol. The van der Waals surface area contributed by atoms with Crippen molar-refractivity contribution in [2.45, 2.75) is 61.7 Å². The Bertz CT molecular complexity index is 791. The standard InChI is InChI=1S/C20H25NO6/c22-16(17(23)24)20(27,18(25)26)13-6-3-5-12-11(13)10-15-14-4-1-2-7-19(12,14)8-9-21-15/h3,5-6,14-16,21-22,27H,1-2,4,7-10H2,(H,23,24)(H,25,26)/t14-,15+,16+,19-,20-/m0/s1. The van der Waals surface area contributed by atoms with Crippen LogP contribution in [-0.2, 0) is 27.0 Å². The summed E-state index contributed by atoms with van der Waals surface area (Å²) in [5.41, 5.74) is -1.24. The van der Waals surface area contributed by atoms with Crippen molar-refractivity contribution in [1.82, 2.24) is 5.32 Å². The molecule has 0 aromatic heterocycles. The monoisotopic (exact) mass is 375 g/mol. The summed E-state index contributed by atoms with van der Waals surface area (Å²) in [6.07, 6.45) is 3.43. The van der Waals surface area contributed by atoms with E-state index in [2.05, 4.69) is 5.32 Å². The van der Waals surface area contributed by atoms with Crippen LogP contribution in [0.15, 0.2) is 18.2 Å². The highest BCUT2D eigenvalue weighted by molar-refractivity contribution is 5.89. The van der Waals surface area contributed by atoms with E-state index in [4.69, 9.17) is 0 Å². The molecule has 0 spiro atoms. The molecule has 2 bridgehead atoms. The molecule has 1 saturated heterocycles. The minimum absolute atomic E-state index is 0.000464. The molecule has 2 aliphatic carbocycles. The second-order valence-electron chi connectivity index (χ2n) is 8.17. The minimum Gasteiger partial charge on any atom is -0.479 e. The highest BCUT2D eigenvalue weighted by Gasteiger charge is 2.56. The normalized spacial score (nSPS) is 32.5. The molecule has 0 amide bonds. The Labute approximate surface area is 157 Å². The van der Waals surface area contributed by atoms with E-state index in [1.807, 2.05) is 6.07 Å². The van der Waals surface area contributed by atoms with Crippen LogP contribution in [0.3, 0.4) is 0 Å². The Kier molecular flexibility index (Phi) is 4.29. The number of rotatable bonds is 4. The second-order valence-corrected chi connectivity index (χ2v) is 8.17. The van der Waals surface area contributed by atoms with Gasteiger partial charge in [-0.1, -0.05) is 31.0 Å². The topological polar surface area (TPSA) is 127 Å². The number of carbonyl (C=O) groups is 2. The molecule has 1 aromatic rings. The number of benzene rings is 1. The van der Waals surface area contributed by atoms with Crippen molar-refractivity contribution in [3.63, 3.8) is 0 Å². The van der Waals surface area contributed by atoms with Crippen LogP contribution in [0.5, 0.6) is 0 Å². The molecule has 1 aliphatic heterocycles. The molecule has 1 saturated carbocycles. The first-order chi connectivity index (χ1) is 12.8. The second kappa shape index (κ2) is 6.29. The third kappa shape index (κ3) is 2.45. The first-order valence-electron chi connectivity index (χ1n) is 9.55. The number of aliphatic carboxylic acids is 2. The van der Waals surface area contributed by atoms with Gasteiger partial charge in [0.1, 0.15) is 0 Å². The third-order valence-electron chi connectivity index (χ3n) is 7.06. The van der Waals surface area contributed by atoms with Gasteiger partial charge in [-0.2, -0.15) is 0 Å². The van der Waals surface area contributed by atoms with Crippen molar-refractivity contribution >= 4 is 11.9 Å². The van der Waals surface area contributed by atoms with Crippen LogP contribution in [-0.4, -0.2) is 51.1 Å². The van der Waals surface area contributed by atoms with Gasteiger partial charge in [-0.15, -0.1) is 0 Å². The molecule has 5 atom stereocenters. The van der Waals surface area contributed by atoms with Crippen molar-refractivity contribution in [2.75, 3.05) is 6.54 Å². The van der Waals surface area contributed by atoms with Gasteiger partial charge in [-0.3, -0.25) is 0 Å². The van der Waals surface area contributed by atoms with E-state index in [0.717, 1.165) is 37.8 Å². The number of carboxylic acids is 2. The molecule has 5 N–H and O–H groups in total. The Morgan fingerprint density at radius 3 is 2.70 bits per heavy atom. The summed E-state index contributed by atoms with van der Waals surface area (Å²) in [6, 6.07) is 5.29. The molecule has 0 unspecified atom stereocenters. The zero-order valence-electron chi connectivity index (χ0n) is 15.0. The number of fused-ring (bicyclic) bond motifs is 1. The number of hydrogen-bond donors (Lipinski definition) is 5. The summed E-state index contributed by atoms with van der Waals surface area (Å²) in [6.45, 7) is 0.895. The molecular formula is C20H25NO6. The van der Waals surface area contributed by atoms with Gasteiger partial charge in [0.25, 0.3) is 0 Å². The maximum absolute atomic E-state index is 11.9. The van der Waals surface area contributed by atoms with Gasteiger partial charge in [0, 0.05) is 17.0 Å². The number of carboxylic acid groups (broad SMARTS) is 2. The molecule has 2 fully saturated rings. The summed E-state index contributed by atoms with van der Waals surface area (Å²) >= 11 is 0. The van der Waals surface area contributed by atoms with E-state index < -0.39 is 23.6 Å². The molecule has 1 aromatic carbocycles. The molecule has 7 heteroatoms. The highest BCUT2D eigenvalue weighted by Crippen LogP contribution is 2.55. The fourth-order valence-electron chi connectivity index (χ4n) is 5.88. The Balaban J connectivity index is 1.92. The Morgan fingerprint density at radius 1 is 1.22 bits per heavy atom.